The van der Waals surface area contributed by atoms with Crippen LogP contribution in [-0.2, 0) is 4.79 Å². The van der Waals surface area contributed by atoms with Crippen LogP contribution in [0.4, 0.5) is 5.69 Å². The predicted octanol–water partition coefficient (Wildman–Crippen LogP) is 4.30. The van der Waals surface area contributed by atoms with Crippen LogP contribution in [0, 0.1) is 0 Å². The second-order valence-corrected chi connectivity index (χ2v) is 6.71. The first kappa shape index (κ1) is 18.1. The minimum atomic E-state index is -0.271. The van der Waals surface area contributed by atoms with E-state index >= 15 is 0 Å². The number of carbonyl (C=O) groups excluding carboxylic acids is 1. The van der Waals surface area contributed by atoms with E-state index in [0.29, 0.717) is 20.8 Å². The summed E-state index contributed by atoms with van der Waals surface area (Å²) in [5.74, 6) is -0.116. The first-order valence-electron chi connectivity index (χ1n) is 7.23. The zero-order valence-electron chi connectivity index (χ0n) is 12.8. The van der Waals surface area contributed by atoms with Gasteiger partial charge in [0.05, 0.1) is 10.7 Å². The number of halogens is 3. The van der Waals surface area contributed by atoms with Gasteiger partial charge in [-0.15, -0.1) is 0 Å². The highest BCUT2D eigenvalue weighted by atomic mass is 35.5. The van der Waals surface area contributed by atoms with Gasteiger partial charge in [-0.3, -0.25) is 4.79 Å². The summed E-state index contributed by atoms with van der Waals surface area (Å²) in [7, 11) is 0. The van der Waals surface area contributed by atoms with Crippen molar-refractivity contribution in [1.82, 2.24) is 0 Å². The lowest BCUT2D eigenvalue weighted by molar-refractivity contribution is -0.709. The summed E-state index contributed by atoms with van der Waals surface area (Å²) < 4.78 is 0. The number of hydrogen-bond donors (Lipinski definition) is 2. The van der Waals surface area contributed by atoms with E-state index in [4.69, 9.17) is 34.8 Å². The van der Waals surface area contributed by atoms with Gasteiger partial charge < -0.3 is 10.6 Å². The van der Waals surface area contributed by atoms with Crippen LogP contribution in [0.2, 0.25) is 15.1 Å². The molecule has 2 rings (SSSR count). The molecule has 3 nitrogen and oxygen atoms in total. The Morgan fingerprint density at radius 1 is 1.00 bits per heavy atom. The highest BCUT2D eigenvalue weighted by Gasteiger charge is 2.21. The van der Waals surface area contributed by atoms with E-state index in [0.717, 1.165) is 5.56 Å². The Balaban J connectivity index is 1.98. The van der Waals surface area contributed by atoms with E-state index < -0.39 is 0 Å². The second kappa shape index (κ2) is 8.02. The Morgan fingerprint density at radius 2 is 1.61 bits per heavy atom. The molecule has 0 saturated carbocycles. The van der Waals surface area contributed by atoms with E-state index in [-0.39, 0.29) is 18.0 Å². The molecule has 0 saturated heterocycles. The highest BCUT2D eigenvalue weighted by Crippen LogP contribution is 2.25. The monoisotopic (exact) mass is 371 g/mol. The molecule has 0 aliphatic carbocycles. The molecule has 0 aliphatic rings. The lowest BCUT2D eigenvalue weighted by atomic mass is 10.1. The molecule has 0 spiro atoms. The van der Waals surface area contributed by atoms with Gasteiger partial charge in [-0.05, 0) is 44.2 Å². The number of hydrogen-bond acceptors (Lipinski definition) is 1. The van der Waals surface area contributed by atoms with Crippen molar-refractivity contribution in [1.29, 1.82) is 0 Å². The molecular formula is C17H18Cl3N2O+. The van der Waals surface area contributed by atoms with Crippen molar-refractivity contribution in [2.75, 3.05) is 5.32 Å². The van der Waals surface area contributed by atoms with Gasteiger partial charge >= 0.3 is 0 Å². The first-order valence-corrected chi connectivity index (χ1v) is 8.36. The molecule has 6 heteroatoms. The third-order valence-electron chi connectivity index (χ3n) is 3.58. The first-order chi connectivity index (χ1) is 10.9. The molecule has 0 radical (unpaired) electrons. The Labute approximate surface area is 150 Å². The Morgan fingerprint density at radius 3 is 2.22 bits per heavy atom. The van der Waals surface area contributed by atoms with Gasteiger partial charge in [-0.1, -0.05) is 46.9 Å². The maximum atomic E-state index is 12.3. The van der Waals surface area contributed by atoms with Crippen molar-refractivity contribution < 1.29 is 10.1 Å². The zero-order chi connectivity index (χ0) is 17.0. The highest BCUT2D eigenvalue weighted by molar-refractivity contribution is 6.36. The summed E-state index contributed by atoms with van der Waals surface area (Å²) in [6.07, 6.45) is 0. The van der Waals surface area contributed by atoms with Crippen molar-refractivity contribution >= 4 is 46.4 Å². The Bertz CT molecular complexity index is 689. The SMILES string of the molecule is C[C@H]([NH2+][C@H](C)C(=O)Nc1ccc(Cl)cc1Cl)c1ccc(Cl)cc1. The van der Waals surface area contributed by atoms with Crippen molar-refractivity contribution in [3.63, 3.8) is 0 Å². The van der Waals surface area contributed by atoms with Crippen LogP contribution in [0.3, 0.4) is 0 Å². The number of nitrogens with one attached hydrogen (secondary N) is 1. The van der Waals surface area contributed by atoms with E-state index in [1.807, 2.05) is 43.4 Å². The van der Waals surface area contributed by atoms with Crippen molar-refractivity contribution in [3.8, 4) is 0 Å². The van der Waals surface area contributed by atoms with Gasteiger partial charge in [0.25, 0.3) is 5.91 Å². The van der Waals surface area contributed by atoms with Gasteiger partial charge in [0, 0.05) is 15.6 Å². The number of rotatable bonds is 5. The number of carbonyl (C=O) groups is 1. The minimum Gasteiger partial charge on any atom is -0.330 e. The van der Waals surface area contributed by atoms with Gasteiger partial charge in [0.15, 0.2) is 6.04 Å². The van der Waals surface area contributed by atoms with E-state index in [1.165, 1.54) is 0 Å². The molecule has 0 bridgehead atoms. The molecule has 0 aliphatic heterocycles. The standard InChI is InChI=1S/C17H17Cl3N2O/c1-10(12-3-5-13(18)6-4-12)21-11(2)17(23)22-16-8-7-14(19)9-15(16)20/h3-11,21H,1-2H3,(H,22,23)/p+1/t10-,11+/m0/s1. The van der Waals surface area contributed by atoms with Crippen LogP contribution in [-0.4, -0.2) is 11.9 Å². The fraction of sp³-hybridized carbons (Fsp3) is 0.235. The molecule has 0 heterocycles. The van der Waals surface area contributed by atoms with Gasteiger partial charge in [-0.2, -0.15) is 0 Å². The summed E-state index contributed by atoms with van der Waals surface area (Å²) in [6.45, 7) is 3.90. The van der Waals surface area contributed by atoms with E-state index in [9.17, 15) is 4.79 Å². The van der Waals surface area contributed by atoms with Crippen LogP contribution >= 0.6 is 34.8 Å². The van der Waals surface area contributed by atoms with Crippen molar-refractivity contribution in [2.45, 2.75) is 25.9 Å². The summed E-state index contributed by atoms with van der Waals surface area (Å²) in [5, 5.41) is 6.46. The largest absolute Gasteiger partial charge is 0.330 e. The summed E-state index contributed by atoms with van der Waals surface area (Å²) in [4.78, 5) is 12.3. The summed E-state index contributed by atoms with van der Waals surface area (Å²) in [5.41, 5.74) is 1.67. The number of nitrogens with two attached hydrogens (primary N) is 1. The van der Waals surface area contributed by atoms with Crippen LogP contribution in [0.1, 0.15) is 25.5 Å². The molecule has 2 atom stereocenters. The average molecular weight is 373 g/mol. The van der Waals surface area contributed by atoms with Crippen LogP contribution in [0.5, 0.6) is 0 Å². The fourth-order valence-corrected chi connectivity index (χ4v) is 2.82. The summed E-state index contributed by atoms with van der Waals surface area (Å²) in [6, 6.07) is 12.5. The Kier molecular flexibility index (Phi) is 6.31. The number of benzene rings is 2. The maximum absolute atomic E-state index is 12.3. The average Bonchev–Trinajstić information content (AvgIpc) is 2.50. The summed E-state index contributed by atoms with van der Waals surface area (Å²) >= 11 is 17.8. The molecular weight excluding hydrogens is 355 g/mol. The van der Waals surface area contributed by atoms with Gasteiger partial charge in [0.2, 0.25) is 0 Å². The second-order valence-electron chi connectivity index (χ2n) is 5.43. The van der Waals surface area contributed by atoms with Crippen molar-refractivity contribution in [3.05, 3.63) is 63.1 Å². The minimum absolute atomic E-state index is 0.116. The molecule has 23 heavy (non-hydrogen) atoms. The third-order valence-corrected chi connectivity index (χ3v) is 4.38. The molecule has 0 aromatic heterocycles. The fourth-order valence-electron chi connectivity index (χ4n) is 2.24. The topological polar surface area (TPSA) is 45.7 Å². The third kappa shape index (κ3) is 5.11. The van der Waals surface area contributed by atoms with Crippen LogP contribution in [0.25, 0.3) is 0 Å². The number of quaternary nitrogens is 1. The zero-order valence-corrected chi connectivity index (χ0v) is 15.1. The van der Waals surface area contributed by atoms with Crippen LogP contribution < -0.4 is 10.6 Å². The Hall–Kier alpha value is -1.26. The maximum Gasteiger partial charge on any atom is 0.282 e. The predicted molar refractivity (Wildman–Crippen MR) is 96.3 cm³/mol. The molecule has 1 amide bonds. The van der Waals surface area contributed by atoms with Crippen LogP contribution in [0.15, 0.2) is 42.5 Å². The van der Waals surface area contributed by atoms with E-state index in [2.05, 4.69) is 5.32 Å². The van der Waals surface area contributed by atoms with E-state index in [1.54, 1.807) is 18.2 Å². The molecule has 3 N–H and O–H groups in total. The van der Waals surface area contributed by atoms with Gasteiger partial charge in [-0.25, -0.2) is 0 Å². The quantitative estimate of drug-likeness (QED) is 0.807. The van der Waals surface area contributed by atoms with Gasteiger partial charge in [0.1, 0.15) is 6.04 Å². The number of amides is 1. The molecule has 2 aromatic carbocycles. The number of anilines is 1. The molecule has 0 fully saturated rings. The molecule has 0 unspecified atom stereocenters. The lowest BCUT2D eigenvalue weighted by Crippen LogP contribution is -2.91. The molecule has 122 valence electrons. The normalized spacial score (nSPS) is 13.4. The smallest absolute Gasteiger partial charge is 0.282 e. The van der Waals surface area contributed by atoms with Crippen molar-refractivity contribution in [2.24, 2.45) is 0 Å². The lowest BCUT2D eigenvalue weighted by Gasteiger charge is -2.17. The molecule has 2 aromatic rings.